The highest BCUT2D eigenvalue weighted by atomic mass is 32.2. The van der Waals surface area contributed by atoms with E-state index in [0.717, 1.165) is 38.9 Å². The van der Waals surface area contributed by atoms with Crippen LogP contribution in [0.3, 0.4) is 0 Å². The number of nitrogens with zero attached hydrogens (tertiary/aromatic N) is 3. The van der Waals surface area contributed by atoms with Crippen LogP contribution >= 0.6 is 23.7 Å². The number of hydrogen-bond donors (Lipinski definition) is 2. The molecule has 0 radical (unpaired) electrons. The first kappa shape index (κ1) is 27.8. The largest absolute Gasteiger partial charge is 0.417 e. The van der Waals surface area contributed by atoms with Gasteiger partial charge in [0.25, 0.3) is 0 Å². The first-order valence-electron chi connectivity index (χ1n) is 11.5. The summed E-state index contributed by atoms with van der Waals surface area (Å²) >= 11 is 2.94. The van der Waals surface area contributed by atoms with Gasteiger partial charge in [-0.05, 0) is 48.9 Å². The van der Waals surface area contributed by atoms with E-state index in [4.69, 9.17) is 0 Å². The van der Waals surface area contributed by atoms with Crippen molar-refractivity contribution in [1.29, 1.82) is 0 Å². The summed E-state index contributed by atoms with van der Waals surface area (Å²) in [7, 11) is 0. The zero-order chi connectivity index (χ0) is 26.1. The minimum Gasteiger partial charge on any atom is -0.294 e. The summed E-state index contributed by atoms with van der Waals surface area (Å²) in [5, 5.41) is 0. The lowest BCUT2D eigenvalue weighted by atomic mass is 10.2. The van der Waals surface area contributed by atoms with Crippen molar-refractivity contribution in [1.82, 2.24) is 19.8 Å². The molecule has 2 aromatic carbocycles. The number of rotatable bonds is 7. The second-order valence-electron chi connectivity index (χ2n) is 7.76. The second-order valence-corrected chi connectivity index (χ2v) is 9.95. The molecule has 0 aliphatic carbocycles. The molecule has 2 heterocycles. The van der Waals surface area contributed by atoms with Crippen LogP contribution in [-0.2, 0) is 6.18 Å². The number of fused-ring (bicyclic) bond motifs is 1. The highest BCUT2D eigenvalue weighted by molar-refractivity contribution is 7.99. The Hall–Kier alpha value is -2.82. The van der Waals surface area contributed by atoms with Crippen LogP contribution in [0, 0.1) is 6.92 Å². The number of anilines is 1. The molecule has 4 aromatic rings. The third-order valence-corrected chi connectivity index (χ3v) is 6.32. The number of hydrogen-bond acceptors (Lipinski definition) is 7. The van der Waals surface area contributed by atoms with Gasteiger partial charge in [0.2, 0.25) is 0 Å². The van der Waals surface area contributed by atoms with Gasteiger partial charge in [-0.25, -0.2) is 9.97 Å². The van der Waals surface area contributed by atoms with Crippen molar-refractivity contribution in [3.8, 4) is 11.4 Å². The number of aromatic nitrogens is 3. The average Bonchev–Trinajstić information content (AvgIpc) is 2.85. The van der Waals surface area contributed by atoms with Gasteiger partial charge in [-0.15, -0.1) is 11.8 Å². The molecule has 4 rings (SSSR count). The van der Waals surface area contributed by atoms with Gasteiger partial charge in [-0.2, -0.15) is 18.0 Å². The van der Waals surface area contributed by atoms with E-state index >= 15 is 0 Å². The second kappa shape index (κ2) is 12.9. The Morgan fingerprint density at radius 1 is 0.944 bits per heavy atom. The molecule has 0 bridgehead atoms. The normalized spacial score (nSPS) is 11.2. The number of benzene rings is 2. The van der Waals surface area contributed by atoms with Crippen LogP contribution in [0.15, 0.2) is 70.6 Å². The van der Waals surface area contributed by atoms with Crippen molar-refractivity contribution in [2.24, 2.45) is 0 Å². The lowest BCUT2D eigenvalue weighted by molar-refractivity contribution is -0.137. The first-order chi connectivity index (χ1) is 17.3. The molecular weight excluding hydrogens is 503 g/mol. The van der Waals surface area contributed by atoms with Crippen molar-refractivity contribution in [3.63, 3.8) is 0 Å². The van der Waals surface area contributed by atoms with E-state index in [0.29, 0.717) is 11.6 Å². The fraction of sp³-hybridized carbons (Fsp3) is 0.269. The van der Waals surface area contributed by atoms with Crippen LogP contribution in [0.2, 0.25) is 0 Å². The molecule has 0 unspecified atom stereocenters. The fourth-order valence-corrected chi connectivity index (χ4v) is 4.39. The topological polar surface area (TPSA) is 62.7 Å². The van der Waals surface area contributed by atoms with Crippen molar-refractivity contribution in [2.75, 3.05) is 11.2 Å². The van der Waals surface area contributed by atoms with Crippen molar-refractivity contribution < 1.29 is 13.2 Å². The van der Waals surface area contributed by atoms with E-state index in [1.54, 1.807) is 11.8 Å². The van der Waals surface area contributed by atoms with E-state index in [9.17, 15) is 13.2 Å². The van der Waals surface area contributed by atoms with Gasteiger partial charge < -0.3 is 0 Å². The van der Waals surface area contributed by atoms with E-state index in [2.05, 4.69) is 39.1 Å². The molecule has 0 aliphatic rings. The van der Waals surface area contributed by atoms with E-state index in [1.807, 2.05) is 62.4 Å². The van der Waals surface area contributed by atoms with E-state index in [1.165, 1.54) is 18.4 Å². The van der Waals surface area contributed by atoms with Gasteiger partial charge in [0.15, 0.2) is 11.6 Å². The maximum absolute atomic E-state index is 13.3. The summed E-state index contributed by atoms with van der Waals surface area (Å²) in [6, 6.07) is 16.5. The highest BCUT2D eigenvalue weighted by Crippen LogP contribution is 2.34. The van der Waals surface area contributed by atoms with Gasteiger partial charge in [0.1, 0.15) is 5.52 Å². The monoisotopic (exact) mass is 531 g/mol. The molecular formula is C26H28F3N5S2. The van der Waals surface area contributed by atoms with Crippen molar-refractivity contribution in [3.05, 3.63) is 71.9 Å². The van der Waals surface area contributed by atoms with E-state index < -0.39 is 11.7 Å². The molecule has 0 amide bonds. The van der Waals surface area contributed by atoms with Gasteiger partial charge in [-0.1, -0.05) is 63.1 Å². The predicted molar refractivity (Wildman–Crippen MR) is 144 cm³/mol. The van der Waals surface area contributed by atoms with Crippen LogP contribution in [0.1, 0.15) is 38.3 Å². The molecule has 5 nitrogen and oxygen atoms in total. The molecule has 0 saturated heterocycles. The molecule has 0 aliphatic heterocycles. The van der Waals surface area contributed by atoms with Gasteiger partial charge in [0, 0.05) is 21.6 Å². The summed E-state index contributed by atoms with van der Waals surface area (Å²) in [5.74, 6) is 1.45. The third kappa shape index (κ3) is 7.35. The highest BCUT2D eigenvalue weighted by Gasteiger charge is 2.31. The molecule has 36 heavy (non-hydrogen) atoms. The van der Waals surface area contributed by atoms with Gasteiger partial charge in [-0.3, -0.25) is 10.4 Å². The van der Waals surface area contributed by atoms with Crippen LogP contribution in [0.25, 0.3) is 22.4 Å². The average molecular weight is 532 g/mol. The van der Waals surface area contributed by atoms with Crippen LogP contribution in [0.4, 0.5) is 19.0 Å². The Labute approximate surface area is 217 Å². The Bertz CT molecular complexity index is 1280. The number of alkyl halides is 3. The summed E-state index contributed by atoms with van der Waals surface area (Å²) in [5.41, 5.74) is 4.37. The van der Waals surface area contributed by atoms with E-state index in [-0.39, 0.29) is 11.0 Å². The van der Waals surface area contributed by atoms with Gasteiger partial charge in [0.05, 0.1) is 11.1 Å². The zero-order valence-electron chi connectivity index (χ0n) is 20.5. The lowest BCUT2D eigenvalue weighted by Gasteiger charge is -2.14. The smallest absolute Gasteiger partial charge is 0.294 e. The minimum atomic E-state index is -4.52. The summed E-state index contributed by atoms with van der Waals surface area (Å²) in [4.78, 5) is 18.0. The third-order valence-electron chi connectivity index (χ3n) is 4.65. The Morgan fingerprint density at radius 2 is 1.64 bits per heavy atom. The molecule has 0 atom stereocenters. The zero-order valence-corrected chi connectivity index (χ0v) is 22.1. The number of halogens is 3. The summed E-state index contributed by atoms with van der Waals surface area (Å²) < 4.78 is 39.9. The summed E-state index contributed by atoms with van der Waals surface area (Å²) in [6.07, 6.45) is -2.47. The van der Waals surface area contributed by atoms with Crippen LogP contribution in [-0.4, -0.2) is 20.7 Å². The molecule has 0 fully saturated rings. The summed E-state index contributed by atoms with van der Waals surface area (Å²) in [6.45, 7) is 8.28. The molecule has 0 saturated carbocycles. The number of nitrogens with one attached hydrogen (secondary N) is 2. The molecule has 2 N–H and O–H groups in total. The Kier molecular flexibility index (Phi) is 9.98. The van der Waals surface area contributed by atoms with Crippen LogP contribution < -0.4 is 10.3 Å². The Morgan fingerprint density at radius 3 is 2.31 bits per heavy atom. The first-order valence-corrected chi connectivity index (χ1v) is 13.3. The van der Waals surface area contributed by atoms with Crippen molar-refractivity contribution >= 4 is 40.6 Å². The number of thioether (sulfide) groups is 1. The molecule has 190 valence electrons. The van der Waals surface area contributed by atoms with Crippen LogP contribution in [0.5, 0.6) is 0 Å². The SMILES string of the molecule is CCC.CCSc1ccccc1-c1nc(NNSc2ccc(C)cc2)c2ncc(C(F)(F)F)cc2n1. The maximum Gasteiger partial charge on any atom is 0.417 e. The lowest BCUT2D eigenvalue weighted by Crippen LogP contribution is -2.16. The van der Waals surface area contributed by atoms with Gasteiger partial charge >= 0.3 is 6.18 Å². The molecule has 2 aromatic heterocycles. The number of pyridine rings is 1. The Balaban J connectivity index is 0.00000115. The predicted octanol–water partition coefficient (Wildman–Crippen LogP) is 8.17. The standard InChI is InChI=1S/C23H20F3N5S2.C3H8/c1-3-32-19-7-5-4-6-17(19)21-28-18-12-15(23(24,25)26)13-27-20(18)22(29-21)30-31-33-16-10-8-14(2)9-11-16;1-3-2/h4-13,31H,3H2,1-2H3,(H,28,29,30);3H2,1-2H3. The molecule has 0 spiro atoms. The number of hydrazine groups is 1. The maximum atomic E-state index is 13.3. The quantitative estimate of drug-likeness (QED) is 0.142. The molecule has 10 heteroatoms. The van der Waals surface area contributed by atoms with Crippen molar-refractivity contribution in [2.45, 2.75) is 50.1 Å². The number of aryl methyl sites for hydroxylation is 1. The minimum absolute atomic E-state index is 0.107. The fourth-order valence-electron chi connectivity index (χ4n) is 3.05.